The zero-order valence-corrected chi connectivity index (χ0v) is 14.7. The molecule has 1 aromatic carbocycles. The Balaban J connectivity index is 3.26. The molecule has 0 spiro atoms. The zero-order chi connectivity index (χ0) is 20.1. The van der Waals surface area contributed by atoms with E-state index in [9.17, 15) is 22.8 Å². The number of hydrogen-bond donors (Lipinski definition) is 4. The van der Waals surface area contributed by atoms with Crippen molar-refractivity contribution in [2.45, 2.75) is 51.9 Å². The highest BCUT2D eigenvalue weighted by molar-refractivity contribution is 5.67. The molecule has 0 aliphatic rings. The SMILES string of the molecule is CC(C)(C)CCC(NC(=O)O)C(NC(=O)O)c1cccc(C(F)(F)F)c1. The lowest BCUT2D eigenvalue weighted by molar-refractivity contribution is -0.137. The molecule has 0 heterocycles. The van der Waals surface area contributed by atoms with Gasteiger partial charge in [-0.3, -0.25) is 0 Å². The summed E-state index contributed by atoms with van der Waals surface area (Å²) in [6, 6.07) is 2.11. The molecule has 4 N–H and O–H groups in total. The molecule has 0 fully saturated rings. The van der Waals surface area contributed by atoms with Crippen molar-refractivity contribution in [2.75, 3.05) is 0 Å². The molecular formula is C17H23F3N2O4. The summed E-state index contributed by atoms with van der Waals surface area (Å²) >= 11 is 0. The first-order valence-corrected chi connectivity index (χ1v) is 7.95. The molecule has 6 nitrogen and oxygen atoms in total. The van der Waals surface area contributed by atoms with Gasteiger partial charge in [0.2, 0.25) is 0 Å². The fraction of sp³-hybridized carbons (Fsp3) is 0.529. The Hall–Kier alpha value is -2.45. The Morgan fingerprint density at radius 2 is 1.65 bits per heavy atom. The van der Waals surface area contributed by atoms with Gasteiger partial charge in [-0.25, -0.2) is 9.59 Å². The third-order valence-corrected chi connectivity index (χ3v) is 3.77. The van der Waals surface area contributed by atoms with Gasteiger partial charge in [0.25, 0.3) is 0 Å². The van der Waals surface area contributed by atoms with Crippen molar-refractivity contribution in [3.05, 3.63) is 35.4 Å². The quantitative estimate of drug-likeness (QED) is 0.588. The van der Waals surface area contributed by atoms with E-state index in [4.69, 9.17) is 10.2 Å². The van der Waals surface area contributed by atoms with E-state index in [-0.39, 0.29) is 17.4 Å². The van der Waals surface area contributed by atoms with Gasteiger partial charge in [0.1, 0.15) is 0 Å². The summed E-state index contributed by atoms with van der Waals surface area (Å²) in [4.78, 5) is 22.3. The number of carboxylic acid groups (broad SMARTS) is 2. The maximum Gasteiger partial charge on any atom is 0.416 e. The second kappa shape index (κ2) is 8.29. The second-order valence-corrected chi connectivity index (χ2v) is 7.21. The predicted molar refractivity (Wildman–Crippen MR) is 89.0 cm³/mol. The van der Waals surface area contributed by atoms with Crippen LogP contribution in [0.25, 0.3) is 0 Å². The molecule has 26 heavy (non-hydrogen) atoms. The van der Waals surface area contributed by atoms with Crippen LogP contribution in [-0.4, -0.2) is 28.4 Å². The first-order chi connectivity index (χ1) is 11.8. The van der Waals surface area contributed by atoms with Crippen LogP contribution >= 0.6 is 0 Å². The second-order valence-electron chi connectivity index (χ2n) is 7.21. The molecule has 2 amide bonds. The topological polar surface area (TPSA) is 98.7 Å². The lowest BCUT2D eigenvalue weighted by Crippen LogP contribution is -2.46. The standard InChI is InChI=1S/C17H23F3N2O4/c1-16(2,3)8-7-12(21-14(23)24)13(22-15(25)26)10-5-4-6-11(9-10)17(18,19)20/h4-6,9,12-13,21-22H,7-8H2,1-3H3,(H,23,24)(H,25,26). The molecule has 146 valence electrons. The number of carbonyl (C=O) groups is 2. The van der Waals surface area contributed by atoms with E-state index >= 15 is 0 Å². The highest BCUT2D eigenvalue weighted by Crippen LogP contribution is 2.32. The number of benzene rings is 1. The fourth-order valence-electron chi connectivity index (χ4n) is 2.53. The molecule has 1 aromatic rings. The summed E-state index contributed by atoms with van der Waals surface area (Å²) < 4.78 is 38.9. The minimum absolute atomic E-state index is 0.0369. The summed E-state index contributed by atoms with van der Waals surface area (Å²) in [5.41, 5.74) is -1.06. The molecule has 0 aliphatic carbocycles. The Bertz CT molecular complexity index is 642. The molecule has 2 atom stereocenters. The van der Waals surface area contributed by atoms with Gasteiger partial charge in [0, 0.05) is 0 Å². The molecule has 0 saturated carbocycles. The third-order valence-electron chi connectivity index (χ3n) is 3.77. The Labute approximate surface area is 149 Å². The van der Waals surface area contributed by atoms with Gasteiger partial charge >= 0.3 is 18.4 Å². The Kier molecular flexibility index (Phi) is 6.88. The van der Waals surface area contributed by atoms with Gasteiger partial charge in [0.05, 0.1) is 17.6 Å². The maximum atomic E-state index is 13.0. The van der Waals surface area contributed by atoms with Crippen molar-refractivity contribution in [2.24, 2.45) is 5.41 Å². The van der Waals surface area contributed by atoms with E-state index in [1.165, 1.54) is 6.07 Å². The lowest BCUT2D eigenvalue weighted by atomic mass is 9.85. The van der Waals surface area contributed by atoms with Crippen molar-refractivity contribution >= 4 is 12.2 Å². The fourth-order valence-corrected chi connectivity index (χ4v) is 2.53. The summed E-state index contributed by atoms with van der Waals surface area (Å²) in [6.07, 6.45) is -6.65. The van der Waals surface area contributed by atoms with Crippen LogP contribution in [0.4, 0.5) is 22.8 Å². The highest BCUT2D eigenvalue weighted by atomic mass is 19.4. The van der Waals surface area contributed by atoms with Crippen LogP contribution in [0.3, 0.4) is 0 Å². The molecule has 1 rings (SSSR count). The molecular weight excluding hydrogens is 353 g/mol. The van der Waals surface area contributed by atoms with Gasteiger partial charge < -0.3 is 20.8 Å². The number of rotatable bonds is 6. The summed E-state index contributed by atoms with van der Waals surface area (Å²) in [7, 11) is 0. The number of alkyl halides is 3. The van der Waals surface area contributed by atoms with Gasteiger partial charge in [0.15, 0.2) is 0 Å². The van der Waals surface area contributed by atoms with Crippen LogP contribution in [0.15, 0.2) is 24.3 Å². The van der Waals surface area contributed by atoms with E-state index in [1.54, 1.807) is 0 Å². The molecule has 0 radical (unpaired) electrons. The predicted octanol–water partition coefficient (Wildman–Crippen LogP) is 4.48. The molecule has 0 bridgehead atoms. The number of halogens is 3. The maximum absolute atomic E-state index is 13.0. The molecule has 0 aliphatic heterocycles. The highest BCUT2D eigenvalue weighted by Gasteiger charge is 2.33. The third kappa shape index (κ3) is 7.20. The van der Waals surface area contributed by atoms with Crippen LogP contribution in [0.1, 0.15) is 50.8 Å². The first-order valence-electron chi connectivity index (χ1n) is 7.95. The van der Waals surface area contributed by atoms with Gasteiger partial charge in [-0.05, 0) is 36.0 Å². The van der Waals surface area contributed by atoms with Crippen molar-refractivity contribution in [1.82, 2.24) is 10.6 Å². The zero-order valence-electron chi connectivity index (χ0n) is 14.7. The number of nitrogens with one attached hydrogen (secondary N) is 2. The van der Waals surface area contributed by atoms with Crippen LogP contribution in [-0.2, 0) is 6.18 Å². The Morgan fingerprint density at radius 3 is 2.12 bits per heavy atom. The normalized spacial score (nSPS) is 14.4. The van der Waals surface area contributed by atoms with Crippen LogP contribution < -0.4 is 10.6 Å². The number of amides is 2. The van der Waals surface area contributed by atoms with Crippen LogP contribution in [0, 0.1) is 5.41 Å². The number of hydrogen-bond acceptors (Lipinski definition) is 2. The van der Waals surface area contributed by atoms with E-state index < -0.39 is 36.0 Å². The molecule has 0 aromatic heterocycles. The summed E-state index contributed by atoms with van der Waals surface area (Å²) in [6.45, 7) is 5.78. The van der Waals surface area contributed by atoms with Gasteiger partial charge in [-0.1, -0.05) is 32.9 Å². The monoisotopic (exact) mass is 376 g/mol. The molecule has 0 saturated heterocycles. The minimum Gasteiger partial charge on any atom is -0.465 e. The minimum atomic E-state index is -4.59. The van der Waals surface area contributed by atoms with Gasteiger partial charge in [-0.2, -0.15) is 13.2 Å². The van der Waals surface area contributed by atoms with E-state index in [0.29, 0.717) is 6.42 Å². The van der Waals surface area contributed by atoms with Crippen molar-refractivity contribution in [3.63, 3.8) is 0 Å². The van der Waals surface area contributed by atoms with E-state index in [1.807, 2.05) is 20.8 Å². The summed E-state index contributed by atoms with van der Waals surface area (Å²) in [5.74, 6) is 0. The average Bonchev–Trinajstić information content (AvgIpc) is 2.47. The average molecular weight is 376 g/mol. The Morgan fingerprint density at radius 1 is 1.08 bits per heavy atom. The lowest BCUT2D eigenvalue weighted by Gasteiger charge is -2.30. The van der Waals surface area contributed by atoms with Crippen molar-refractivity contribution in [3.8, 4) is 0 Å². The van der Waals surface area contributed by atoms with Crippen molar-refractivity contribution in [1.29, 1.82) is 0 Å². The molecule has 2 unspecified atom stereocenters. The first kappa shape index (κ1) is 21.6. The largest absolute Gasteiger partial charge is 0.465 e. The van der Waals surface area contributed by atoms with Gasteiger partial charge in [-0.15, -0.1) is 0 Å². The van der Waals surface area contributed by atoms with Crippen LogP contribution in [0.5, 0.6) is 0 Å². The van der Waals surface area contributed by atoms with Crippen molar-refractivity contribution < 1.29 is 33.0 Å². The smallest absolute Gasteiger partial charge is 0.416 e. The van der Waals surface area contributed by atoms with E-state index in [0.717, 1.165) is 18.2 Å². The van der Waals surface area contributed by atoms with Crippen LogP contribution in [0.2, 0.25) is 0 Å². The summed E-state index contributed by atoms with van der Waals surface area (Å²) in [5, 5.41) is 22.5. The van der Waals surface area contributed by atoms with E-state index in [2.05, 4.69) is 10.6 Å². The molecule has 9 heteroatoms.